The first-order chi connectivity index (χ1) is 7.36. The molecule has 3 heteroatoms. The summed E-state index contributed by atoms with van der Waals surface area (Å²) in [6.45, 7) is 1.95. The van der Waals surface area contributed by atoms with Crippen LogP contribution in [0.3, 0.4) is 0 Å². The van der Waals surface area contributed by atoms with E-state index in [2.05, 4.69) is 16.8 Å². The minimum Gasteiger partial charge on any atom is -0.343 e. The number of piperidine rings is 1. The molecule has 1 aromatic heterocycles. The summed E-state index contributed by atoms with van der Waals surface area (Å²) in [5.41, 5.74) is 1.30. The van der Waals surface area contributed by atoms with Crippen LogP contribution >= 0.6 is 11.3 Å². The normalized spacial score (nSPS) is 16.7. The van der Waals surface area contributed by atoms with E-state index >= 15 is 0 Å². The van der Waals surface area contributed by atoms with Crippen LogP contribution in [-0.2, 0) is 11.2 Å². The highest BCUT2D eigenvalue weighted by Crippen LogP contribution is 2.13. The average Bonchev–Trinajstić information content (AvgIpc) is 2.80. The molecule has 0 N–H and O–H groups in total. The zero-order valence-corrected chi connectivity index (χ0v) is 9.76. The fourth-order valence-corrected chi connectivity index (χ4v) is 2.69. The van der Waals surface area contributed by atoms with E-state index < -0.39 is 0 Å². The average molecular weight is 223 g/mol. The topological polar surface area (TPSA) is 20.3 Å². The third-order valence-electron chi connectivity index (χ3n) is 2.92. The molecule has 0 bridgehead atoms. The number of likely N-dealkylation sites (tertiary alicyclic amines) is 1. The van der Waals surface area contributed by atoms with Crippen molar-refractivity contribution in [3.63, 3.8) is 0 Å². The van der Waals surface area contributed by atoms with Gasteiger partial charge in [-0.1, -0.05) is 0 Å². The highest BCUT2D eigenvalue weighted by molar-refractivity contribution is 7.07. The maximum Gasteiger partial charge on any atom is 0.222 e. The van der Waals surface area contributed by atoms with E-state index in [1.165, 1.54) is 24.8 Å². The maximum atomic E-state index is 11.8. The van der Waals surface area contributed by atoms with E-state index in [9.17, 15) is 4.79 Å². The van der Waals surface area contributed by atoms with Gasteiger partial charge in [0.2, 0.25) is 5.91 Å². The Kier molecular flexibility index (Phi) is 3.78. The summed E-state index contributed by atoms with van der Waals surface area (Å²) in [6.07, 6.45) is 5.23. The van der Waals surface area contributed by atoms with E-state index in [1.807, 2.05) is 4.90 Å². The summed E-state index contributed by atoms with van der Waals surface area (Å²) in [5, 5.41) is 4.20. The molecule has 1 aliphatic heterocycles. The molecule has 2 nitrogen and oxygen atoms in total. The summed E-state index contributed by atoms with van der Waals surface area (Å²) in [6, 6.07) is 2.11. The molecule has 1 aliphatic rings. The molecule has 1 saturated heterocycles. The molecule has 0 spiro atoms. The van der Waals surface area contributed by atoms with Crippen molar-refractivity contribution in [3.8, 4) is 0 Å². The number of rotatable bonds is 3. The lowest BCUT2D eigenvalue weighted by atomic mass is 10.1. The number of thiophene rings is 1. The second-order valence-corrected chi connectivity index (χ2v) is 4.85. The molecule has 0 unspecified atom stereocenters. The van der Waals surface area contributed by atoms with Crippen molar-refractivity contribution in [1.82, 2.24) is 4.90 Å². The van der Waals surface area contributed by atoms with Gasteiger partial charge in [-0.2, -0.15) is 11.3 Å². The second-order valence-electron chi connectivity index (χ2n) is 4.07. The summed E-state index contributed by atoms with van der Waals surface area (Å²) in [7, 11) is 0. The monoisotopic (exact) mass is 223 g/mol. The lowest BCUT2D eigenvalue weighted by Crippen LogP contribution is -2.35. The Morgan fingerprint density at radius 3 is 2.80 bits per heavy atom. The molecule has 15 heavy (non-hydrogen) atoms. The predicted octanol–water partition coefficient (Wildman–Crippen LogP) is 2.69. The fourth-order valence-electron chi connectivity index (χ4n) is 1.99. The zero-order chi connectivity index (χ0) is 10.5. The SMILES string of the molecule is O=C(CCc1ccsc1)N1CCCCC1. The van der Waals surface area contributed by atoms with Crippen molar-refractivity contribution in [3.05, 3.63) is 22.4 Å². The Morgan fingerprint density at radius 2 is 2.13 bits per heavy atom. The maximum absolute atomic E-state index is 11.8. The molecular weight excluding hydrogens is 206 g/mol. The number of nitrogens with zero attached hydrogens (tertiary/aromatic N) is 1. The summed E-state index contributed by atoms with van der Waals surface area (Å²) in [4.78, 5) is 13.8. The van der Waals surface area contributed by atoms with Crippen LogP contribution in [0.2, 0.25) is 0 Å². The first kappa shape index (κ1) is 10.7. The Bertz CT molecular complexity index is 301. The van der Waals surface area contributed by atoms with Gasteiger partial charge in [0.15, 0.2) is 0 Å². The van der Waals surface area contributed by atoms with Gasteiger partial charge in [-0.3, -0.25) is 4.79 Å². The van der Waals surface area contributed by atoms with Crippen molar-refractivity contribution in [2.24, 2.45) is 0 Å². The Hall–Kier alpha value is -0.830. The lowest BCUT2D eigenvalue weighted by Gasteiger charge is -2.26. The standard InChI is InChI=1S/C12H17NOS/c14-12(13-7-2-1-3-8-13)5-4-11-6-9-15-10-11/h6,9-10H,1-5,7-8H2. The predicted molar refractivity (Wildman–Crippen MR) is 63.1 cm³/mol. The molecule has 2 heterocycles. The van der Waals surface area contributed by atoms with Gasteiger partial charge in [0.25, 0.3) is 0 Å². The third-order valence-corrected chi connectivity index (χ3v) is 3.65. The molecule has 0 saturated carbocycles. The van der Waals surface area contributed by atoms with Gasteiger partial charge >= 0.3 is 0 Å². The van der Waals surface area contributed by atoms with Gasteiger partial charge in [-0.05, 0) is 48.1 Å². The molecule has 1 aromatic rings. The third kappa shape index (κ3) is 3.06. The van der Waals surface area contributed by atoms with Gasteiger partial charge < -0.3 is 4.90 Å². The highest BCUT2D eigenvalue weighted by Gasteiger charge is 2.15. The van der Waals surface area contributed by atoms with Gasteiger partial charge in [-0.25, -0.2) is 0 Å². The number of aryl methyl sites for hydroxylation is 1. The van der Waals surface area contributed by atoms with E-state index in [-0.39, 0.29) is 0 Å². The van der Waals surface area contributed by atoms with Gasteiger partial charge in [-0.15, -0.1) is 0 Å². The van der Waals surface area contributed by atoms with Crippen LogP contribution in [0.4, 0.5) is 0 Å². The molecule has 1 amide bonds. The number of carbonyl (C=O) groups excluding carboxylic acids is 1. The summed E-state index contributed by atoms with van der Waals surface area (Å²) in [5.74, 6) is 0.334. The van der Waals surface area contributed by atoms with Crippen molar-refractivity contribution >= 4 is 17.2 Å². The molecule has 82 valence electrons. The second kappa shape index (κ2) is 5.31. The molecule has 0 aliphatic carbocycles. The number of amides is 1. The van der Waals surface area contributed by atoms with Gasteiger partial charge in [0.05, 0.1) is 0 Å². The van der Waals surface area contributed by atoms with Crippen molar-refractivity contribution in [1.29, 1.82) is 0 Å². The van der Waals surface area contributed by atoms with E-state index in [4.69, 9.17) is 0 Å². The minimum absolute atomic E-state index is 0.334. The van der Waals surface area contributed by atoms with Crippen LogP contribution < -0.4 is 0 Å². The zero-order valence-electron chi connectivity index (χ0n) is 8.95. The first-order valence-electron chi connectivity index (χ1n) is 5.65. The smallest absolute Gasteiger partial charge is 0.222 e. The van der Waals surface area contributed by atoms with Crippen molar-refractivity contribution in [2.75, 3.05) is 13.1 Å². The molecule has 2 rings (SSSR count). The summed E-state index contributed by atoms with van der Waals surface area (Å²) >= 11 is 1.70. The minimum atomic E-state index is 0.334. The van der Waals surface area contributed by atoms with Crippen molar-refractivity contribution in [2.45, 2.75) is 32.1 Å². The fraction of sp³-hybridized carbons (Fsp3) is 0.583. The molecule has 0 radical (unpaired) electrons. The molecule has 0 aromatic carbocycles. The van der Waals surface area contributed by atoms with Gasteiger partial charge in [0, 0.05) is 19.5 Å². The number of carbonyl (C=O) groups is 1. The summed E-state index contributed by atoms with van der Waals surface area (Å²) < 4.78 is 0. The van der Waals surface area contributed by atoms with Crippen LogP contribution in [0.25, 0.3) is 0 Å². The lowest BCUT2D eigenvalue weighted by molar-refractivity contribution is -0.132. The molecule has 1 fully saturated rings. The van der Waals surface area contributed by atoms with E-state index in [0.717, 1.165) is 19.5 Å². The van der Waals surface area contributed by atoms with E-state index in [1.54, 1.807) is 11.3 Å². The van der Waals surface area contributed by atoms with Crippen LogP contribution in [0.15, 0.2) is 16.8 Å². The molecular formula is C12H17NOS. The number of hydrogen-bond acceptors (Lipinski definition) is 2. The van der Waals surface area contributed by atoms with Crippen LogP contribution in [0, 0.1) is 0 Å². The largest absolute Gasteiger partial charge is 0.343 e. The van der Waals surface area contributed by atoms with Gasteiger partial charge in [0.1, 0.15) is 0 Å². The first-order valence-corrected chi connectivity index (χ1v) is 6.59. The van der Waals surface area contributed by atoms with Crippen molar-refractivity contribution < 1.29 is 4.79 Å². The Labute approximate surface area is 94.9 Å². The van der Waals surface area contributed by atoms with Crippen LogP contribution in [-0.4, -0.2) is 23.9 Å². The van der Waals surface area contributed by atoms with Crippen LogP contribution in [0.5, 0.6) is 0 Å². The Balaban J connectivity index is 1.76. The Morgan fingerprint density at radius 1 is 1.33 bits per heavy atom. The molecule has 0 atom stereocenters. The number of hydrogen-bond donors (Lipinski definition) is 0. The van der Waals surface area contributed by atoms with E-state index in [0.29, 0.717) is 12.3 Å². The van der Waals surface area contributed by atoms with Crippen LogP contribution in [0.1, 0.15) is 31.2 Å². The highest BCUT2D eigenvalue weighted by atomic mass is 32.1. The quantitative estimate of drug-likeness (QED) is 0.771.